The first-order valence-corrected chi connectivity index (χ1v) is 8.72. The molecule has 3 rings (SSSR count). The van der Waals surface area contributed by atoms with Crippen molar-refractivity contribution in [1.82, 2.24) is 4.90 Å². The molecule has 1 aliphatic heterocycles. The molecule has 1 aliphatic rings. The lowest BCUT2D eigenvalue weighted by molar-refractivity contribution is 0.0600. The van der Waals surface area contributed by atoms with Gasteiger partial charge in [0, 0.05) is 18.0 Å². The second kappa shape index (κ2) is 7.25. The normalized spacial score (nSPS) is 13.9. The van der Waals surface area contributed by atoms with Crippen LogP contribution in [0, 0.1) is 0 Å². The van der Waals surface area contributed by atoms with Crippen LogP contribution in [0.5, 0.6) is 5.75 Å². The Morgan fingerprint density at radius 3 is 2.72 bits per heavy atom. The molecule has 0 aliphatic carbocycles. The van der Waals surface area contributed by atoms with Crippen LogP contribution in [0.15, 0.2) is 24.3 Å². The lowest BCUT2D eigenvalue weighted by Gasteiger charge is -2.22. The second-order valence-corrected chi connectivity index (χ2v) is 6.95. The van der Waals surface area contributed by atoms with Crippen molar-refractivity contribution >= 4 is 28.2 Å². The van der Waals surface area contributed by atoms with Crippen molar-refractivity contribution in [2.24, 2.45) is 0 Å². The summed E-state index contributed by atoms with van der Waals surface area (Å²) in [4.78, 5) is 28.2. The number of nitrogens with zero attached hydrogens (tertiary/aromatic N) is 1. The van der Waals surface area contributed by atoms with Gasteiger partial charge in [0.2, 0.25) is 0 Å². The van der Waals surface area contributed by atoms with Gasteiger partial charge in [-0.2, -0.15) is 0 Å². The predicted octanol–water partition coefficient (Wildman–Crippen LogP) is 2.78. The minimum atomic E-state index is -0.419. The summed E-state index contributed by atoms with van der Waals surface area (Å²) in [5, 5.41) is 3.40. The lowest BCUT2D eigenvalue weighted by atomic mass is 10.0. The average Bonchev–Trinajstić information content (AvgIpc) is 2.97. The fourth-order valence-electron chi connectivity index (χ4n) is 2.94. The number of fused-ring (bicyclic) bond motifs is 1. The van der Waals surface area contributed by atoms with Gasteiger partial charge in [-0.25, -0.2) is 4.79 Å². The molecule has 25 heavy (non-hydrogen) atoms. The Labute approximate surface area is 150 Å². The predicted molar refractivity (Wildman–Crippen MR) is 96.6 cm³/mol. The highest BCUT2D eigenvalue weighted by Gasteiger charge is 2.28. The number of carbonyl (C=O) groups is 2. The van der Waals surface area contributed by atoms with Crippen LogP contribution in [0.3, 0.4) is 0 Å². The van der Waals surface area contributed by atoms with Crippen LogP contribution in [0.4, 0.5) is 5.00 Å². The standard InChI is InChI=1S/C18H20N2O4S/c1-20-9-8-12-14(10-20)25-17(15(12)18(22)24-3)19-16(21)11-6-4-5-7-13(11)23-2/h4-7H,8-10H2,1-3H3,(H,19,21). The van der Waals surface area contributed by atoms with E-state index < -0.39 is 5.97 Å². The number of carbonyl (C=O) groups excluding carboxylic acids is 2. The van der Waals surface area contributed by atoms with Crippen LogP contribution in [-0.2, 0) is 17.7 Å². The summed E-state index contributed by atoms with van der Waals surface area (Å²) in [6.45, 7) is 1.63. The summed E-state index contributed by atoms with van der Waals surface area (Å²) in [5.74, 6) is -0.243. The maximum atomic E-state index is 12.7. The number of ether oxygens (including phenoxy) is 2. The minimum absolute atomic E-state index is 0.311. The molecule has 2 heterocycles. The molecule has 0 fully saturated rings. The van der Waals surface area contributed by atoms with Crippen LogP contribution in [0.25, 0.3) is 0 Å². The minimum Gasteiger partial charge on any atom is -0.496 e. The molecule has 0 spiro atoms. The molecule has 1 amide bonds. The molecule has 6 nitrogen and oxygen atoms in total. The van der Waals surface area contributed by atoms with E-state index in [1.807, 2.05) is 7.05 Å². The van der Waals surface area contributed by atoms with E-state index in [2.05, 4.69) is 10.2 Å². The summed E-state index contributed by atoms with van der Waals surface area (Å²) in [5.41, 5.74) is 1.87. The highest BCUT2D eigenvalue weighted by molar-refractivity contribution is 7.17. The zero-order chi connectivity index (χ0) is 18.0. The maximum absolute atomic E-state index is 12.7. The molecule has 0 unspecified atom stereocenters. The molecule has 1 N–H and O–H groups in total. The smallest absolute Gasteiger partial charge is 0.341 e. The zero-order valence-electron chi connectivity index (χ0n) is 14.4. The SMILES string of the molecule is COC(=O)c1c(NC(=O)c2ccccc2OC)sc2c1CCN(C)C2. The number of thiophene rings is 1. The number of esters is 1. The fraction of sp³-hybridized carbons (Fsp3) is 0.333. The Bertz CT molecular complexity index is 815. The van der Waals surface area contributed by atoms with Gasteiger partial charge in [0.15, 0.2) is 0 Å². The van der Waals surface area contributed by atoms with Crippen molar-refractivity contribution in [2.45, 2.75) is 13.0 Å². The Morgan fingerprint density at radius 1 is 1.24 bits per heavy atom. The Hall–Kier alpha value is -2.38. The maximum Gasteiger partial charge on any atom is 0.341 e. The van der Waals surface area contributed by atoms with Crippen molar-refractivity contribution in [2.75, 3.05) is 33.1 Å². The summed E-state index contributed by atoms with van der Waals surface area (Å²) >= 11 is 1.43. The lowest BCUT2D eigenvalue weighted by Crippen LogP contribution is -2.26. The highest BCUT2D eigenvalue weighted by Crippen LogP contribution is 2.37. The van der Waals surface area contributed by atoms with Gasteiger partial charge in [-0.05, 0) is 31.2 Å². The van der Waals surface area contributed by atoms with Crippen LogP contribution in [0.2, 0.25) is 0 Å². The number of para-hydroxylation sites is 1. The van der Waals surface area contributed by atoms with Crippen molar-refractivity contribution in [3.63, 3.8) is 0 Å². The van der Waals surface area contributed by atoms with Crippen molar-refractivity contribution in [1.29, 1.82) is 0 Å². The number of methoxy groups -OCH3 is 2. The molecular weight excluding hydrogens is 340 g/mol. The Kier molecular flexibility index (Phi) is 5.06. The zero-order valence-corrected chi connectivity index (χ0v) is 15.2. The van der Waals surface area contributed by atoms with Crippen molar-refractivity contribution in [3.05, 3.63) is 45.8 Å². The monoisotopic (exact) mass is 360 g/mol. The highest BCUT2D eigenvalue weighted by atomic mass is 32.1. The number of rotatable bonds is 4. The number of hydrogen-bond acceptors (Lipinski definition) is 6. The first-order valence-electron chi connectivity index (χ1n) is 7.91. The second-order valence-electron chi connectivity index (χ2n) is 5.84. The molecule has 1 aromatic carbocycles. The Morgan fingerprint density at radius 2 is 2.00 bits per heavy atom. The molecule has 7 heteroatoms. The van der Waals surface area contributed by atoms with Gasteiger partial charge in [0.1, 0.15) is 10.8 Å². The Balaban J connectivity index is 1.97. The summed E-state index contributed by atoms with van der Waals surface area (Å²) in [7, 11) is 4.91. The summed E-state index contributed by atoms with van der Waals surface area (Å²) in [6, 6.07) is 6.99. The van der Waals surface area contributed by atoms with Gasteiger partial charge in [0.05, 0.1) is 25.3 Å². The molecule has 0 saturated heterocycles. The molecule has 0 atom stereocenters. The number of amides is 1. The van der Waals surface area contributed by atoms with E-state index in [9.17, 15) is 9.59 Å². The third kappa shape index (κ3) is 3.38. The van der Waals surface area contributed by atoms with Crippen molar-refractivity contribution in [3.8, 4) is 5.75 Å². The first kappa shape index (κ1) is 17.4. The molecule has 0 radical (unpaired) electrons. The van der Waals surface area contributed by atoms with E-state index in [0.29, 0.717) is 21.9 Å². The van der Waals surface area contributed by atoms with Gasteiger partial charge < -0.3 is 19.7 Å². The van der Waals surface area contributed by atoms with Gasteiger partial charge in [-0.3, -0.25) is 4.79 Å². The van der Waals surface area contributed by atoms with Gasteiger partial charge in [0.25, 0.3) is 5.91 Å². The van der Waals surface area contributed by atoms with E-state index in [-0.39, 0.29) is 5.91 Å². The number of hydrogen-bond donors (Lipinski definition) is 1. The number of nitrogens with one attached hydrogen (secondary N) is 1. The molecule has 1 aromatic heterocycles. The number of likely N-dealkylation sites (N-methyl/N-ethyl adjacent to an activating group) is 1. The molecular formula is C18H20N2O4S. The summed E-state index contributed by atoms with van der Waals surface area (Å²) in [6.07, 6.45) is 0.761. The number of benzene rings is 1. The topological polar surface area (TPSA) is 67.9 Å². The van der Waals surface area contributed by atoms with Crippen LogP contribution in [0.1, 0.15) is 31.2 Å². The number of anilines is 1. The molecule has 0 bridgehead atoms. The van der Waals surface area contributed by atoms with E-state index in [1.54, 1.807) is 24.3 Å². The molecule has 132 valence electrons. The average molecular weight is 360 g/mol. The largest absolute Gasteiger partial charge is 0.496 e. The molecule has 0 saturated carbocycles. The summed E-state index contributed by atoms with van der Waals surface area (Å²) < 4.78 is 10.2. The van der Waals surface area contributed by atoms with Crippen LogP contribution < -0.4 is 10.1 Å². The quantitative estimate of drug-likeness (QED) is 0.849. The fourth-order valence-corrected chi connectivity index (χ4v) is 4.25. The van der Waals surface area contributed by atoms with E-state index in [0.717, 1.165) is 30.0 Å². The van der Waals surface area contributed by atoms with Gasteiger partial charge in [-0.15, -0.1) is 11.3 Å². The van der Waals surface area contributed by atoms with E-state index in [1.165, 1.54) is 25.6 Å². The molecule has 2 aromatic rings. The van der Waals surface area contributed by atoms with Gasteiger partial charge in [-0.1, -0.05) is 12.1 Å². The van der Waals surface area contributed by atoms with Crippen molar-refractivity contribution < 1.29 is 19.1 Å². The third-order valence-electron chi connectivity index (χ3n) is 4.22. The van der Waals surface area contributed by atoms with Gasteiger partial charge >= 0.3 is 5.97 Å². The van der Waals surface area contributed by atoms with Crippen LogP contribution >= 0.6 is 11.3 Å². The van der Waals surface area contributed by atoms with E-state index >= 15 is 0 Å². The third-order valence-corrected chi connectivity index (χ3v) is 5.35. The van der Waals surface area contributed by atoms with Crippen LogP contribution in [-0.4, -0.2) is 44.6 Å². The first-order chi connectivity index (χ1) is 12.0. The van der Waals surface area contributed by atoms with E-state index in [4.69, 9.17) is 9.47 Å².